The molecule has 0 bridgehead atoms. The first-order valence-corrected chi connectivity index (χ1v) is 7.76. The van der Waals surface area contributed by atoms with Crippen molar-refractivity contribution in [3.63, 3.8) is 0 Å². The molecule has 0 N–H and O–H groups in total. The maximum atomic E-state index is 13.2. The summed E-state index contributed by atoms with van der Waals surface area (Å²) in [4.78, 5) is 5.06. The van der Waals surface area contributed by atoms with Gasteiger partial charge in [-0.05, 0) is 66.6 Å². The third-order valence-corrected chi connectivity index (χ3v) is 4.92. The van der Waals surface area contributed by atoms with Crippen molar-refractivity contribution in [1.29, 1.82) is 0 Å². The van der Waals surface area contributed by atoms with Crippen LogP contribution in [0.15, 0.2) is 18.2 Å². The number of benzene rings is 1. The van der Waals surface area contributed by atoms with E-state index in [0.29, 0.717) is 6.04 Å². The molecule has 1 atom stereocenters. The zero-order valence-electron chi connectivity index (χ0n) is 10.4. The van der Waals surface area contributed by atoms with Crippen LogP contribution in [-0.2, 0) is 0 Å². The van der Waals surface area contributed by atoms with Crippen LogP contribution in [-0.4, -0.2) is 37.1 Å². The number of fused-ring (bicyclic) bond motifs is 1. The second-order valence-electron chi connectivity index (χ2n) is 5.23. The van der Waals surface area contributed by atoms with E-state index in [1.807, 2.05) is 6.07 Å². The molecule has 1 unspecified atom stereocenters. The summed E-state index contributed by atoms with van der Waals surface area (Å²) in [5.41, 5.74) is 1.20. The number of nitrogens with zero attached hydrogens (tertiary/aromatic N) is 2. The molecule has 0 aliphatic carbocycles. The number of hydrogen-bond donors (Lipinski definition) is 0. The van der Waals surface area contributed by atoms with E-state index < -0.39 is 0 Å². The highest BCUT2D eigenvalue weighted by Gasteiger charge is 2.29. The van der Waals surface area contributed by atoms with Crippen molar-refractivity contribution in [2.24, 2.45) is 0 Å². The summed E-state index contributed by atoms with van der Waals surface area (Å²) in [6, 6.07) is 5.84. The van der Waals surface area contributed by atoms with Crippen molar-refractivity contribution in [3.8, 4) is 0 Å². The molecule has 0 spiro atoms. The summed E-state index contributed by atoms with van der Waals surface area (Å²) in [6.07, 6.45) is 3.86. The predicted molar refractivity (Wildman–Crippen MR) is 80.5 cm³/mol. The predicted octanol–water partition coefficient (Wildman–Crippen LogP) is 3.10. The van der Waals surface area contributed by atoms with Crippen molar-refractivity contribution in [2.45, 2.75) is 25.3 Å². The molecule has 1 aromatic carbocycles. The lowest BCUT2D eigenvalue weighted by molar-refractivity contribution is 0.273. The Hall–Kier alpha value is -0.360. The molecule has 2 fully saturated rings. The smallest absolute Gasteiger partial charge is 0.124 e. The third kappa shape index (κ3) is 2.50. The first kappa shape index (κ1) is 12.7. The van der Waals surface area contributed by atoms with Gasteiger partial charge >= 0.3 is 0 Å². The van der Waals surface area contributed by atoms with E-state index in [4.69, 9.17) is 0 Å². The average molecular weight is 360 g/mol. The minimum Gasteiger partial charge on any atom is -0.369 e. The van der Waals surface area contributed by atoms with E-state index in [-0.39, 0.29) is 5.82 Å². The Labute approximate surface area is 121 Å². The van der Waals surface area contributed by atoms with E-state index in [1.165, 1.54) is 38.0 Å². The largest absolute Gasteiger partial charge is 0.369 e. The fourth-order valence-corrected chi connectivity index (χ4v) is 3.98. The highest BCUT2D eigenvalue weighted by Crippen LogP contribution is 2.28. The van der Waals surface area contributed by atoms with Gasteiger partial charge in [-0.1, -0.05) is 0 Å². The summed E-state index contributed by atoms with van der Waals surface area (Å²) in [5.74, 6) is -0.138. The van der Waals surface area contributed by atoms with Gasteiger partial charge in [-0.3, -0.25) is 4.90 Å². The van der Waals surface area contributed by atoms with Crippen molar-refractivity contribution in [3.05, 3.63) is 27.6 Å². The lowest BCUT2D eigenvalue weighted by Crippen LogP contribution is -2.36. The minimum atomic E-state index is -0.138. The van der Waals surface area contributed by atoms with E-state index in [2.05, 4.69) is 32.4 Å². The molecule has 0 amide bonds. The van der Waals surface area contributed by atoms with Crippen molar-refractivity contribution in [2.75, 3.05) is 31.1 Å². The Morgan fingerprint density at radius 2 is 2.00 bits per heavy atom. The summed E-state index contributed by atoms with van der Waals surface area (Å²) in [6.45, 7) is 4.67. The number of anilines is 1. The summed E-state index contributed by atoms with van der Waals surface area (Å²) < 4.78 is 14.2. The molecule has 98 valence electrons. The molecule has 3 rings (SSSR count). The van der Waals surface area contributed by atoms with Gasteiger partial charge in [-0.15, -0.1) is 0 Å². The molecule has 0 saturated carbocycles. The van der Waals surface area contributed by atoms with Crippen molar-refractivity contribution in [1.82, 2.24) is 4.90 Å². The SMILES string of the molecule is Fc1ccc(N2CCCN3CCCC3C2)c(I)c1. The molecule has 1 aromatic rings. The number of rotatable bonds is 1. The topological polar surface area (TPSA) is 6.48 Å². The van der Waals surface area contributed by atoms with Crippen LogP contribution in [0.1, 0.15) is 19.3 Å². The van der Waals surface area contributed by atoms with E-state index >= 15 is 0 Å². The Morgan fingerprint density at radius 3 is 2.83 bits per heavy atom. The Bertz CT molecular complexity index is 438. The van der Waals surface area contributed by atoms with Crippen LogP contribution >= 0.6 is 22.6 Å². The molecule has 2 nitrogen and oxygen atoms in total. The van der Waals surface area contributed by atoms with Gasteiger partial charge < -0.3 is 4.90 Å². The fraction of sp³-hybridized carbons (Fsp3) is 0.571. The standard InChI is InChI=1S/C14H18FIN2/c15-11-4-5-14(13(16)9-11)18-8-2-7-17-6-1-3-12(17)10-18/h4-5,9,12H,1-3,6-8,10H2. The Balaban J connectivity index is 1.82. The lowest BCUT2D eigenvalue weighted by Gasteiger charge is -2.28. The van der Waals surface area contributed by atoms with Gasteiger partial charge in [-0.25, -0.2) is 4.39 Å². The molecule has 18 heavy (non-hydrogen) atoms. The van der Waals surface area contributed by atoms with Gasteiger partial charge in [-0.2, -0.15) is 0 Å². The summed E-state index contributed by atoms with van der Waals surface area (Å²) in [7, 11) is 0. The highest BCUT2D eigenvalue weighted by molar-refractivity contribution is 14.1. The minimum absolute atomic E-state index is 0.138. The van der Waals surface area contributed by atoms with E-state index in [9.17, 15) is 4.39 Å². The second-order valence-corrected chi connectivity index (χ2v) is 6.39. The molecule has 2 aliphatic rings. The molecule has 2 aliphatic heterocycles. The first-order valence-electron chi connectivity index (χ1n) is 6.68. The van der Waals surface area contributed by atoms with Crippen LogP contribution in [0.4, 0.5) is 10.1 Å². The Morgan fingerprint density at radius 1 is 1.17 bits per heavy atom. The van der Waals surface area contributed by atoms with E-state index in [0.717, 1.165) is 16.7 Å². The summed E-state index contributed by atoms with van der Waals surface area (Å²) >= 11 is 2.25. The van der Waals surface area contributed by atoms with Crippen LogP contribution in [0.25, 0.3) is 0 Å². The number of halogens is 2. The van der Waals surface area contributed by atoms with Crippen molar-refractivity contribution >= 4 is 28.3 Å². The molecule has 0 radical (unpaired) electrons. The lowest BCUT2D eigenvalue weighted by atomic mass is 10.2. The molecule has 2 heterocycles. The van der Waals surface area contributed by atoms with Crippen molar-refractivity contribution < 1.29 is 4.39 Å². The maximum absolute atomic E-state index is 13.2. The van der Waals surface area contributed by atoms with Gasteiger partial charge in [0, 0.05) is 29.2 Å². The monoisotopic (exact) mass is 360 g/mol. The van der Waals surface area contributed by atoms with E-state index in [1.54, 1.807) is 12.1 Å². The van der Waals surface area contributed by atoms with Gasteiger partial charge in [0.05, 0.1) is 5.69 Å². The molecular formula is C14H18FIN2. The zero-order chi connectivity index (χ0) is 12.5. The normalized spacial score (nSPS) is 25.0. The van der Waals surface area contributed by atoms with Crippen LogP contribution in [0, 0.1) is 9.39 Å². The molecule has 4 heteroatoms. The number of hydrogen-bond acceptors (Lipinski definition) is 2. The molecule has 0 aromatic heterocycles. The quantitative estimate of drug-likeness (QED) is 0.711. The van der Waals surface area contributed by atoms with Crippen LogP contribution in [0.2, 0.25) is 0 Å². The Kier molecular flexibility index (Phi) is 3.75. The van der Waals surface area contributed by atoms with Gasteiger partial charge in [0.25, 0.3) is 0 Å². The van der Waals surface area contributed by atoms with Gasteiger partial charge in [0.1, 0.15) is 5.82 Å². The maximum Gasteiger partial charge on any atom is 0.124 e. The molecular weight excluding hydrogens is 342 g/mol. The first-order chi connectivity index (χ1) is 8.74. The zero-order valence-corrected chi connectivity index (χ0v) is 12.6. The van der Waals surface area contributed by atoms with Crippen LogP contribution in [0.3, 0.4) is 0 Å². The second kappa shape index (κ2) is 5.33. The summed E-state index contributed by atoms with van der Waals surface area (Å²) in [5, 5.41) is 0. The highest BCUT2D eigenvalue weighted by atomic mass is 127. The average Bonchev–Trinajstić information content (AvgIpc) is 2.67. The van der Waals surface area contributed by atoms with Crippen LogP contribution in [0.5, 0.6) is 0 Å². The molecule has 2 saturated heterocycles. The third-order valence-electron chi connectivity index (χ3n) is 4.05. The van der Waals surface area contributed by atoms with Crippen LogP contribution < -0.4 is 4.90 Å². The fourth-order valence-electron chi connectivity index (χ4n) is 3.16. The van der Waals surface area contributed by atoms with Gasteiger partial charge in [0.15, 0.2) is 0 Å². The van der Waals surface area contributed by atoms with Gasteiger partial charge in [0.2, 0.25) is 0 Å².